The molecule has 0 N–H and O–H groups in total. The first-order chi connectivity index (χ1) is 8.01. The highest BCUT2D eigenvalue weighted by atomic mass is 79.9. The van der Waals surface area contributed by atoms with Crippen LogP contribution in [0.1, 0.15) is 12.5 Å². The summed E-state index contributed by atoms with van der Waals surface area (Å²) in [5, 5.41) is 0.628. The fourth-order valence-electron chi connectivity index (χ4n) is 1.24. The average Bonchev–Trinajstić information content (AvgIpc) is 2.25. The van der Waals surface area contributed by atoms with Gasteiger partial charge in [-0.25, -0.2) is 0 Å². The van der Waals surface area contributed by atoms with Crippen LogP contribution in [0.4, 0.5) is 8.78 Å². The first-order valence-corrected chi connectivity index (χ1v) is 6.53. The van der Waals surface area contributed by atoms with Gasteiger partial charge in [-0.1, -0.05) is 39.1 Å². The van der Waals surface area contributed by atoms with Crippen molar-refractivity contribution < 1.29 is 18.3 Å². The Labute approximate surface area is 116 Å². The van der Waals surface area contributed by atoms with Crippen LogP contribution in [-0.4, -0.2) is 13.2 Å². The normalized spacial score (nSPS) is 10.8. The van der Waals surface area contributed by atoms with Crippen LogP contribution in [0.25, 0.3) is 0 Å². The number of alkyl halides is 3. The average molecular weight is 350 g/mol. The van der Waals surface area contributed by atoms with E-state index in [9.17, 15) is 8.78 Å². The predicted molar refractivity (Wildman–Crippen MR) is 66.9 cm³/mol. The fourth-order valence-corrected chi connectivity index (χ4v) is 2.35. The lowest BCUT2D eigenvalue weighted by Gasteiger charge is -2.16. The van der Waals surface area contributed by atoms with E-state index in [4.69, 9.17) is 27.9 Å². The number of ether oxygens (including phenoxy) is 2. The van der Waals surface area contributed by atoms with Crippen LogP contribution in [0, 0.1) is 0 Å². The van der Waals surface area contributed by atoms with E-state index in [1.54, 1.807) is 6.92 Å². The lowest BCUT2D eigenvalue weighted by Crippen LogP contribution is -2.07. The molecule has 1 aromatic rings. The van der Waals surface area contributed by atoms with Crippen molar-refractivity contribution in [2.75, 3.05) is 6.61 Å². The molecule has 0 aromatic heterocycles. The topological polar surface area (TPSA) is 18.5 Å². The van der Waals surface area contributed by atoms with E-state index in [1.165, 1.54) is 6.07 Å². The molecule has 1 rings (SSSR count). The van der Waals surface area contributed by atoms with E-state index in [1.807, 2.05) is 0 Å². The number of hydrogen-bond acceptors (Lipinski definition) is 2. The fraction of sp³-hybridized carbons (Fsp3) is 0.400. The van der Waals surface area contributed by atoms with Gasteiger partial charge in [-0.3, -0.25) is 0 Å². The Morgan fingerprint density at radius 1 is 1.41 bits per heavy atom. The van der Waals surface area contributed by atoms with Gasteiger partial charge in [0.05, 0.1) is 16.7 Å². The highest BCUT2D eigenvalue weighted by Crippen LogP contribution is 2.42. The maximum absolute atomic E-state index is 12.3. The molecule has 1 aromatic carbocycles. The summed E-state index contributed by atoms with van der Waals surface area (Å²) in [5.41, 5.74) is 0.336. The zero-order valence-electron chi connectivity index (χ0n) is 8.78. The van der Waals surface area contributed by atoms with E-state index >= 15 is 0 Å². The first-order valence-electron chi connectivity index (χ1n) is 4.65. The Balaban J connectivity index is 3.32. The molecule has 0 saturated heterocycles. The van der Waals surface area contributed by atoms with Crippen molar-refractivity contribution in [2.24, 2.45) is 0 Å². The first kappa shape index (κ1) is 14.8. The van der Waals surface area contributed by atoms with Crippen LogP contribution < -0.4 is 9.47 Å². The lowest BCUT2D eigenvalue weighted by molar-refractivity contribution is -0.0519. The summed E-state index contributed by atoms with van der Waals surface area (Å²) in [4.78, 5) is 0. The van der Waals surface area contributed by atoms with Crippen LogP contribution in [0.3, 0.4) is 0 Å². The molecule has 0 bridgehead atoms. The zero-order chi connectivity index (χ0) is 13.0. The standard InChI is InChI=1S/C10H9BrCl2F2O2/c1-2-16-7-3-6(12)8(13)5(4-11)9(7)17-10(14)15/h3,10H,2,4H2,1H3. The smallest absolute Gasteiger partial charge is 0.387 e. The molecule has 0 atom stereocenters. The molecule has 17 heavy (non-hydrogen) atoms. The lowest BCUT2D eigenvalue weighted by atomic mass is 10.2. The third-order valence-electron chi connectivity index (χ3n) is 1.87. The summed E-state index contributed by atoms with van der Waals surface area (Å²) >= 11 is 14.9. The molecule has 0 amide bonds. The number of halogens is 5. The van der Waals surface area contributed by atoms with Crippen molar-refractivity contribution >= 4 is 39.1 Å². The number of benzene rings is 1. The summed E-state index contributed by atoms with van der Waals surface area (Å²) in [7, 11) is 0. The van der Waals surface area contributed by atoms with Gasteiger partial charge >= 0.3 is 6.61 Å². The zero-order valence-corrected chi connectivity index (χ0v) is 11.9. The molecule has 96 valence electrons. The molecule has 0 fully saturated rings. The highest BCUT2D eigenvalue weighted by Gasteiger charge is 2.20. The minimum Gasteiger partial charge on any atom is -0.490 e. The van der Waals surface area contributed by atoms with Crippen LogP contribution in [-0.2, 0) is 5.33 Å². The van der Waals surface area contributed by atoms with Crippen LogP contribution >= 0.6 is 39.1 Å². The van der Waals surface area contributed by atoms with E-state index in [0.29, 0.717) is 12.2 Å². The van der Waals surface area contributed by atoms with Gasteiger partial charge in [-0.2, -0.15) is 8.78 Å². The summed E-state index contributed by atoms with van der Waals surface area (Å²) in [6, 6.07) is 1.36. The molecule has 2 nitrogen and oxygen atoms in total. The predicted octanol–water partition coefficient (Wildman–Crippen LogP) is 4.89. The van der Waals surface area contributed by atoms with Gasteiger partial charge in [0.15, 0.2) is 11.5 Å². The molecule has 0 spiro atoms. The molecular formula is C10H9BrCl2F2O2. The molecule has 0 aliphatic heterocycles. The molecule has 0 heterocycles. The maximum Gasteiger partial charge on any atom is 0.387 e. The van der Waals surface area contributed by atoms with Gasteiger partial charge in [0.2, 0.25) is 0 Å². The molecule has 0 unspecified atom stereocenters. The number of rotatable bonds is 5. The largest absolute Gasteiger partial charge is 0.490 e. The Morgan fingerprint density at radius 3 is 2.53 bits per heavy atom. The SMILES string of the molecule is CCOc1cc(Cl)c(Cl)c(CBr)c1OC(F)F. The maximum atomic E-state index is 12.3. The monoisotopic (exact) mass is 348 g/mol. The van der Waals surface area contributed by atoms with Crippen molar-refractivity contribution in [3.05, 3.63) is 21.7 Å². The molecule has 0 saturated carbocycles. The van der Waals surface area contributed by atoms with Crippen LogP contribution in [0.15, 0.2) is 6.07 Å². The van der Waals surface area contributed by atoms with Crippen molar-refractivity contribution in [3.8, 4) is 11.5 Å². The Hall–Kier alpha value is -0.260. The van der Waals surface area contributed by atoms with Crippen molar-refractivity contribution in [1.82, 2.24) is 0 Å². The minimum atomic E-state index is -2.95. The van der Waals surface area contributed by atoms with Crippen LogP contribution in [0.5, 0.6) is 11.5 Å². The molecule has 0 aliphatic rings. The van der Waals surface area contributed by atoms with Gasteiger partial charge in [-0.05, 0) is 6.92 Å². The van der Waals surface area contributed by atoms with Gasteiger partial charge in [0.1, 0.15) is 0 Å². The minimum absolute atomic E-state index is 0.0897. The Bertz CT molecular complexity index is 402. The van der Waals surface area contributed by atoms with Gasteiger partial charge in [-0.15, -0.1) is 0 Å². The Morgan fingerprint density at radius 2 is 2.06 bits per heavy atom. The van der Waals surface area contributed by atoms with Crippen molar-refractivity contribution in [2.45, 2.75) is 18.9 Å². The van der Waals surface area contributed by atoms with Crippen molar-refractivity contribution in [3.63, 3.8) is 0 Å². The second-order valence-electron chi connectivity index (χ2n) is 2.92. The molecule has 0 aliphatic carbocycles. The second-order valence-corrected chi connectivity index (χ2v) is 4.27. The van der Waals surface area contributed by atoms with E-state index in [2.05, 4.69) is 20.7 Å². The molecule has 0 radical (unpaired) electrons. The van der Waals surface area contributed by atoms with Gasteiger partial charge in [0.25, 0.3) is 0 Å². The quantitative estimate of drug-likeness (QED) is 0.705. The second kappa shape index (κ2) is 6.61. The summed E-state index contributed by atoms with van der Waals surface area (Å²) in [5.74, 6) is 0.0600. The summed E-state index contributed by atoms with van der Waals surface area (Å²) in [6.07, 6.45) is 0. The van der Waals surface area contributed by atoms with Gasteiger partial charge in [0, 0.05) is 17.0 Å². The van der Waals surface area contributed by atoms with E-state index in [-0.39, 0.29) is 26.9 Å². The molecular weight excluding hydrogens is 341 g/mol. The summed E-state index contributed by atoms with van der Waals surface area (Å²) < 4.78 is 34.3. The van der Waals surface area contributed by atoms with Crippen LogP contribution in [0.2, 0.25) is 10.0 Å². The third-order valence-corrected chi connectivity index (χ3v) is 3.26. The van der Waals surface area contributed by atoms with Gasteiger partial charge < -0.3 is 9.47 Å². The highest BCUT2D eigenvalue weighted by molar-refractivity contribution is 9.08. The van der Waals surface area contributed by atoms with Crippen molar-refractivity contribution in [1.29, 1.82) is 0 Å². The third kappa shape index (κ3) is 3.60. The van der Waals surface area contributed by atoms with E-state index < -0.39 is 6.61 Å². The molecule has 7 heteroatoms. The number of hydrogen-bond donors (Lipinski definition) is 0. The Kier molecular flexibility index (Phi) is 5.76. The summed E-state index contributed by atoms with van der Waals surface area (Å²) in [6.45, 7) is -0.925. The van der Waals surface area contributed by atoms with E-state index in [0.717, 1.165) is 0 Å².